The molecule has 5 aliphatic rings. The lowest BCUT2D eigenvalue weighted by Crippen LogP contribution is -2.63. The van der Waals surface area contributed by atoms with Crippen molar-refractivity contribution < 1.29 is 10.2 Å². The SMILES string of the molecule is CCC[C@@H](C)[C@H]1CC[C@H]2[C@@H]3CCC4C[C@]5(O)C(=NC5c5ccccc5O)C[C@]4(C)[C@H]3CC[C@]12C. The van der Waals surface area contributed by atoms with Crippen molar-refractivity contribution in [2.75, 3.05) is 0 Å². The molecular weight excluding hydrogens is 418 g/mol. The van der Waals surface area contributed by atoms with E-state index < -0.39 is 5.60 Å². The van der Waals surface area contributed by atoms with Crippen LogP contribution in [-0.4, -0.2) is 21.5 Å². The number of para-hydroxylation sites is 1. The van der Waals surface area contributed by atoms with Crippen LogP contribution < -0.4 is 0 Å². The zero-order valence-electron chi connectivity index (χ0n) is 21.8. The van der Waals surface area contributed by atoms with Gasteiger partial charge in [0.25, 0.3) is 0 Å². The Kier molecular flexibility index (Phi) is 5.31. The molecule has 4 saturated carbocycles. The molecule has 0 saturated heterocycles. The van der Waals surface area contributed by atoms with Crippen LogP contribution in [0.25, 0.3) is 0 Å². The van der Waals surface area contributed by atoms with Gasteiger partial charge in [-0.15, -0.1) is 0 Å². The Hall–Kier alpha value is -1.35. The van der Waals surface area contributed by atoms with Crippen molar-refractivity contribution in [1.82, 2.24) is 0 Å². The summed E-state index contributed by atoms with van der Waals surface area (Å²) in [6, 6.07) is 7.15. The van der Waals surface area contributed by atoms with Gasteiger partial charge in [0, 0.05) is 11.3 Å². The Balaban J connectivity index is 1.26. The van der Waals surface area contributed by atoms with E-state index in [-0.39, 0.29) is 17.2 Å². The largest absolute Gasteiger partial charge is 0.508 e. The molecule has 2 N–H and O–H groups in total. The van der Waals surface area contributed by atoms with Gasteiger partial charge in [-0.2, -0.15) is 0 Å². The number of aromatic hydroxyl groups is 1. The maximum Gasteiger partial charge on any atom is 0.129 e. The Labute approximate surface area is 206 Å². The summed E-state index contributed by atoms with van der Waals surface area (Å²) in [5.41, 5.74) is 1.77. The lowest BCUT2D eigenvalue weighted by molar-refractivity contribution is -0.127. The summed E-state index contributed by atoms with van der Waals surface area (Å²) in [5, 5.41) is 22.2. The highest BCUT2D eigenvalue weighted by molar-refractivity contribution is 5.99. The van der Waals surface area contributed by atoms with E-state index in [1.165, 1.54) is 51.4 Å². The monoisotopic (exact) mass is 463 g/mol. The zero-order valence-corrected chi connectivity index (χ0v) is 21.8. The first kappa shape index (κ1) is 23.1. The van der Waals surface area contributed by atoms with Gasteiger partial charge < -0.3 is 10.2 Å². The van der Waals surface area contributed by atoms with Gasteiger partial charge >= 0.3 is 0 Å². The number of rotatable bonds is 4. The second kappa shape index (κ2) is 7.82. The average molecular weight is 464 g/mol. The highest BCUT2D eigenvalue weighted by atomic mass is 16.3. The highest BCUT2D eigenvalue weighted by Gasteiger charge is 2.65. The van der Waals surface area contributed by atoms with Crippen molar-refractivity contribution in [2.24, 2.45) is 51.3 Å². The summed E-state index contributed by atoms with van der Waals surface area (Å²) in [4.78, 5) is 4.96. The fourth-order valence-corrected chi connectivity index (χ4v) is 10.5. The van der Waals surface area contributed by atoms with Crippen molar-refractivity contribution in [3.63, 3.8) is 0 Å². The normalized spacial score (nSPS) is 48.0. The van der Waals surface area contributed by atoms with Crippen LogP contribution in [0.2, 0.25) is 0 Å². The van der Waals surface area contributed by atoms with E-state index in [1.807, 2.05) is 18.2 Å². The molecule has 3 nitrogen and oxygen atoms in total. The second-order valence-corrected chi connectivity index (χ2v) is 13.5. The molecule has 1 heterocycles. The number of fused-ring (bicyclic) bond motifs is 6. The van der Waals surface area contributed by atoms with Crippen LogP contribution in [0.15, 0.2) is 29.3 Å². The molecule has 0 spiro atoms. The zero-order chi connectivity index (χ0) is 23.9. The fourth-order valence-electron chi connectivity index (χ4n) is 10.5. The standard InChI is InChI=1S/C31H45NO2/c1-5-8-19(2)23-13-14-24-21-12-11-20-17-31(34)27(32-28(31)22-9-6-7-10-26(22)33)18-30(20,4)25(21)15-16-29(23,24)3/h6-7,9-10,19-21,23-25,28,33-34H,5,8,11-18H2,1-4H3/t19-,20?,21+,23-,24+,25+,28?,29-,30+,31+/m1/s1. The molecule has 34 heavy (non-hydrogen) atoms. The molecule has 0 bridgehead atoms. The van der Waals surface area contributed by atoms with Crippen LogP contribution in [-0.2, 0) is 0 Å². The van der Waals surface area contributed by atoms with E-state index in [9.17, 15) is 10.2 Å². The summed E-state index contributed by atoms with van der Waals surface area (Å²) in [7, 11) is 0. The van der Waals surface area contributed by atoms with E-state index in [0.29, 0.717) is 11.3 Å². The fraction of sp³-hybridized carbons (Fsp3) is 0.774. The minimum atomic E-state index is -0.854. The van der Waals surface area contributed by atoms with E-state index in [0.717, 1.165) is 53.7 Å². The van der Waals surface area contributed by atoms with Crippen LogP contribution in [0.4, 0.5) is 0 Å². The maximum absolute atomic E-state index is 11.8. The van der Waals surface area contributed by atoms with Crippen molar-refractivity contribution >= 4 is 5.71 Å². The third-order valence-electron chi connectivity index (χ3n) is 12.1. The van der Waals surface area contributed by atoms with Gasteiger partial charge in [0.1, 0.15) is 17.4 Å². The molecule has 3 heteroatoms. The molecule has 0 aromatic heterocycles. The van der Waals surface area contributed by atoms with Crippen LogP contribution in [0.3, 0.4) is 0 Å². The highest BCUT2D eigenvalue weighted by Crippen LogP contribution is 2.70. The first-order valence-corrected chi connectivity index (χ1v) is 14.3. The van der Waals surface area contributed by atoms with Crippen molar-refractivity contribution in [1.29, 1.82) is 0 Å². The summed E-state index contributed by atoms with van der Waals surface area (Å²) < 4.78 is 0. The third kappa shape index (κ3) is 3.01. The number of hydrogen-bond acceptors (Lipinski definition) is 3. The van der Waals surface area contributed by atoms with Gasteiger partial charge in [0.15, 0.2) is 0 Å². The van der Waals surface area contributed by atoms with Crippen molar-refractivity contribution in [3.8, 4) is 5.75 Å². The quantitative estimate of drug-likeness (QED) is 0.491. The van der Waals surface area contributed by atoms with Crippen LogP contribution in [0.1, 0.15) is 104 Å². The summed E-state index contributed by atoms with van der Waals surface area (Å²) in [6.45, 7) is 10.1. The number of benzene rings is 1. The number of nitrogens with zero attached hydrogens (tertiary/aromatic N) is 1. The Morgan fingerprint density at radius 2 is 1.79 bits per heavy atom. The summed E-state index contributed by atoms with van der Waals surface area (Å²) >= 11 is 0. The third-order valence-corrected chi connectivity index (χ3v) is 12.1. The van der Waals surface area contributed by atoms with Gasteiger partial charge in [0.2, 0.25) is 0 Å². The second-order valence-electron chi connectivity index (χ2n) is 13.5. The van der Waals surface area contributed by atoms with Crippen LogP contribution in [0.5, 0.6) is 5.75 Å². The molecule has 1 aliphatic heterocycles. The Morgan fingerprint density at radius 3 is 2.56 bits per heavy atom. The molecule has 6 rings (SSSR count). The number of aliphatic hydroxyl groups is 1. The number of phenolic OH excluding ortho intramolecular Hbond substituents is 1. The van der Waals surface area contributed by atoms with Crippen LogP contribution >= 0.6 is 0 Å². The molecular formula is C31H45NO2. The van der Waals surface area contributed by atoms with Gasteiger partial charge in [-0.05, 0) is 104 Å². The van der Waals surface area contributed by atoms with Crippen molar-refractivity contribution in [2.45, 2.75) is 104 Å². The first-order chi connectivity index (χ1) is 16.2. The van der Waals surface area contributed by atoms with Crippen LogP contribution in [0, 0.1) is 46.3 Å². The topological polar surface area (TPSA) is 52.8 Å². The smallest absolute Gasteiger partial charge is 0.129 e. The van der Waals surface area contributed by atoms with E-state index in [4.69, 9.17) is 4.99 Å². The molecule has 10 atom stereocenters. The predicted octanol–water partition coefficient (Wildman–Crippen LogP) is 7.32. The van der Waals surface area contributed by atoms with Gasteiger partial charge in [0.05, 0.1) is 0 Å². The Bertz CT molecular complexity index is 987. The molecule has 1 aromatic carbocycles. The molecule has 4 fully saturated rings. The molecule has 1 aromatic rings. The van der Waals surface area contributed by atoms with Gasteiger partial charge in [-0.1, -0.05) is 58.7 Å². The molecule has 2 unspecified atom stereocenters. The molecule has 186 valence electrons. The minimum Gasteiger partial charge on any atom is -0.508 e. The summed E-state index contributed by atoms with van der Waals surface area (Å²) in [5.74, 6) is 5.14. The first-order valence-electron chi connectivity index (χ1n) is 14.3. The molecule has 4 aliphatic carbocycles. The van der Waals surface area contributed by atoms with Gasteiger partial charge in [-0.3, -0.25) is 4.99 Å². The molecule has 0 amide bonds. The maximum atomic E-state index is 11.8. The van der Waals surface area contributed by atoms with Crippen molar-refractivity contribution in [3.05, 3.63) is 29.8 Å². The molecule has 0 radical (unpaired) electrons. The number of aliphatic imine (C=N–C) groups is 1. The summed E-state index contributed by atoms with van der Waals surface area (Å²) in [6.07, 6.45) is 12.7. The van der Waals surface area contributed by atoms with E-state index in [2.05, 4.69) is 27.7 Å². The lowest BCUT2D eigenvalue weighted by atomic mass is 9.42. The van der Waals surface area contributed by atoms with E-state index >= 15 is 0 Å². The predicted molar refractivity (Wildman–Crippen MR) is 138 cm³/mol. The number of hydrogen-bond donors (Lipinski definition) is 2. The average Bonchev–Trinajstić information content (AvgIpc) is 3.16. The Morgan fingerprint density at radius 1 is 1.03 bits per heavy atom. The van der Waals surface area contributed by atoms with Gasteiger partial charge in [-0.25, -0.2) is 0 Å². The number of phenols is 1. The van der Waals surface area contributed by atoms with E-state index in [1.54, 1.807) is 6.07 Å². The minimum absolute atomic E-state index is 0.264. The lowest BCUT2D eigenvalue weighted by Gasteiger charge is -2.64.